The lowest BCUT2D eigenvalue weighted by Crippen LogP contribution is -2.36. The number of ether oxygens (including phenoxy) is 1. The highest BCUT2D eigenvalue weighted by Crippen LogP contribution is 2.40. The van der Waals surface area contributed by atoms with Crippen LogP contribution in [0.25, 0.3) is 33.1 Å². The fourth-order valence-corrected chi connectivity index (χ4v) is 4.07. The number of imidazole rings is 1. The number of nitrogens with zero attached hydrogens (tertiary/aromatic N) is 2. The molecular formula is C25H21F2N4O3+. The van der Waals surface area contributed by atoms with E-state index in [4.69, 9.17) is 4.74 Å². The summed E-state index contributed by atoms with van der Waals surface area (Å²) in [6, 6.07) is 8.50. The number of pyridine rings is 1. The number of aryl methyl sites for hydroxylation is 1. The monoisotopic (exact) mass is 463 g/mol. The normalized spacial score (nSPS) is 11.4. The van der Waals surface area contributed by atoms with Crippen molar-refractivity contribution >= 4 is 27.7 Å². The number of Topliss-reactive ketones (excluding diaryl/α,β-unsaturated/α-hetero) is 1. The number of aromatic amines is 2. The summed E-state index contributed by atoms with van der Waals surface area (Å²) in [5.74, 6) is -1.39. The van der Waals surface area contributed by atoms with Crippen molar-refractivity contribution in [2.24, 2.45) is 7.05 Å². The highest BCUT2D eigenvalue weighted by molar-refractivity contribution is 5.99. The largest absolute Gasteiger partial charge is 0.449 e. The number of nitrogens with one attached hydrogen (secondary N) is 2. The van der Waals surface area contributed by atoms with Crippen molar-refractivity contribution in [3.05, 3.63) is 77.1 Å². The highest BCUT2D eigenvalue weighted by atomic mass is 19.1. The van der Waals surface area contributed by atoms with Gasteiger partial charge in [0, 0.05) is 48.4 Å². The first-order valence-electron chi connectivity index (χ1n) is 10.7. The molecule has 0 aliphatic heterocycles. The quantitative estimate of drug-likeness (QED) is 0.367. The summed E-state index contributed by atoms with van der Waals surface area (Å²) < 4.78 is 37.3. The van der Waals surface area contributed by atoms with Crippen molar-refractivity contribution in [2.75, 3.05) is 0 Å². The predicted molar refractivity (Wildman–Crippen MR) is 123 cm³/mol. The number of hydrogen-bond donors (Lipinski definition) is 2. The number of benzene rings is 2. The minimum atomic E-state index is -0.851. The summed E-state index contributed by atoms with van der Waals surface area (Å²) in [6.07, 6.45) is 5.41. The average molecular weight is 463 g/mol. The van der Waals surface area contributed by atoms with Gasteiger partial charge >= 0.3 is 0 Å². The van der Waals surface area contributed by atoms with Gasteiger partial charge in [0.05, 0.1) is 0 Å². The third-order valence-corrected chi connectivity index (χ3v) is 5.84. The Morgan fingerprint density at radius 3 is 2.68 bits per heavy atom. The Kier molecular flexibility index (Phi) is 5.24. The first kappa shape index (κ1) is 21.6. The van der Waals surface area contributed by atoms with E-state index in [-0.39, 0.29) is 29.4 Å². The first-order chi connectivity index (χ1) is 16.4. The molecule has 0 unspecified atom stereocenters. The van der Waals surface area contributed by atoms with Crippen LogP contribution in [0.3, 0.4) is 0 Å². The molecule has 7 nitrogen and oxygen atoms in total. The van der Waals surface area contributed by atoms with E-state index in [1.165, 1.54) is 10.6 Å². The molecule has 5 rings (SSSR count). The van der Waals surface area contributed by atoms with E-state index in [0.29, 0.717) is 39.5 Å². The molecule has 0 aliphatic carbocycles. The molecule has 3 heterocycles. The number of fused-ring (bicyclic) bond motifs is 2. The van der Waals surface area contributed by atoms with Crippen LogP contribution in [0.4, 0.5) is 8.78 Å². The molecule has 34 heavy (non-hydrogen) atoms. The molecule has 0 fully saturated rings. The van der Waals surface area contributed by atoms with Crippen LogP contribution in [-0.4, -0.2) is 20.3 Å². The highest BCUT2D eigenvalue weighted by Gasteiger charge is 2.24. The third kappa shape index (κ3) is 3.55. The molecule has 0 amide bonds. The van der Waals surface area contributed by atoms with E-state index in [1.54, 1.807) is 49.4 Å². The third-order valence-electron chi connectivity index (χ3n) is 5.84. The zero-order chi connectivity index (χ0) is 24.0. The molecule has 9 heteroatoms. The van der Waals surface area contributed by atoms with Crippen LogP contribution in [-0.2, 0) is 18.4 Å². The zero-order valence-electron chi connectivity index (χ0n) is 18.5. The summed E-state index contributed by atoms with van der Waals surface area (Å²) in [6.45, 7) is 1.96. The summed E-state index contributed by atoms with van der Waals surface area (Å²) in [4.78, 5) is 30.7. The number of ketones is 1. The van der Waals surface area contributed by atoms with Gasteiger partial charge in [0.2, 0.25) is 11.8 Å². The Balaban J connectivity index is 1.78. The number of halogens is 2. The lowest BCUT2D eigenvalue weighted by Gasteiger charge is -2.13. The number of aromatic nitrogens is 4. The Labute approximate surface area is 192 Å². The molecule has 0 saturated carbocycles. The Morgan fingerprint density at radius 1 is 1.09 bits per heavy atom. The molecule has 0 saturated heterocycles. The van der Waals surface area contributed by atoms with Crippen LogP contribution in [0.5, 0.6) is 11.5 Å². The van der Waals surface area contributed by atoms with E-state index in [9.17, 15) is 18.4 Å². The van der Waals surface area contributed by atoms with Crippen molar-refractivity contribution < 1.29 is 22.9 Å². The van der Waals surface area contributed by atoms with E-state index in [1.807, 2.05) is 6.07 Å². The molecule has 0 spiro atoms. The van der Waals surface area contributed by atoms with Crippen LogP contribution in [0.15, 0.2) is 59.9 Å². The van der Waals surface area contributed by atoms with Gasteiger partial charge in [0.15, 0.2) is 28.6 Å². The smallest absolute Gasteiger partial charge is 0.274 e. The number of hydrogen-bond acceptors (Lipinski definition) is 3. The second kappa shape index (κ2) is 8.26. The molecular weight excluding hydrogens is 442 g/mol. The molecule has 0 atom stereocenters. The Morgan fingerprint density at radius 2 is 1.91 bits per heavy atom. The molecule has 5 aromatic rings. The van der Waals surface area contributed by atoms with Crippen LogP contribution in [0.1, 0.15) is 13.3 Å². The van der Waals surface area contributed by atoms with Gasteiger partial charge < -0.3 is 14.3 Å². The summed E-state index contributed by atoms with van der Waals surface area (Å²) in [5, 5.41) is 0.674. The maximum atomic E-state index is 14.5. The number of rotatable bonds is 6. The fourth-order valence-electron chi connectivity index (χ4n) is 4.07. The molecule has 3 aromatic heterocycles. The topological polar surface area (TPSA) is 83.8 Å². The lowest BCUT2D eigenvalue weighted by atomic mass is 10.0. The lowest BCUT2D eigenvalue weighted by molar-refractivity contribution is -0.658. The van der Waals surface area contributed by atoms with Gasteiger partial charge in [0.1, 0.15) is 17.9 Å². The molecule has 0 aliphatic rings. The van der Waals surface area contributed by atoms with E-state index in [0.717, 1.165) is 12.1 Å². The summed E-state index contributed by atoms with van der Waals surface area (Å²) >= 11 is 0. The minimum absolute atomic E-state index is 0.0501. The SMILES string of the molecule is CCC(=O)C[n+]1c[nH]c2c(Oc3ccc(F)cc3F)c(-c3cn(C)c(=O)c4[nH]ccc34)ccc21. The standard InChI is InChI=1S/C25H20F2N4O3/c1-3-15(32)11-31-13-29-23-20(31)6-5-17(24(23)34-21-7-4-14(26)10-19(21)27)18-12-30(2)25(33)22-16(18)8-9-28-22/h4-10,12-13H,3,11H2,1-2H3,(H,28,33)/p+1. The van der Waals surface area contributed by atoms with Crippen molar-refractivity contribution in [1.82, 2.24) is 14.5 Å². The van der Waals surface area contributed by atoms with Crippen molar-refractivity contribution in [3.8, 4) is 22.6 Å². The van der Waals surface area contributed by atoms with Gasteiger partial charge in [0.25, 0.3) is 5.56 Å². The average Bonchev–Trinajstić information content (AvgIpc) is 3.46. The fraction of sp³-hybridized carbons (Fsp3) is 0.160. The van der Waals surface area contributed by atoms with Crippen LogP contribution >= 0.6 is 0 Å². The van der Waals surface area contributed by atoms with Crippen LogP contribution in [0, 0.1) is 11.6 Å². The molecule has 0 bridgehead atoms. The van der Waals surface area contributed by atoms with E-state index < -0.39 is 11.6 Å². The van der Waals surface area contributed by atoms with Crippen molar-refractivity contribution in [2.45, 2.75) is 19.9 Å². The number of H-pyrrole nitrogens is 2. The molecule has 172 valence electrons. The van der Waals surface area contributed by atoms with Gasteiger partial charge in [-0.3, -0.25) is 9.59 Å². The van der Waals surface area contributed by atoms with E-state index >= 15 is 0 Å². The maximum Gasteiger partial charge on any atom is 0.274 e. The second-order valence-corrected chi connectivity index (χ2v) is 8.03. The molecule has 2 aromatic carbocycles. The maximum absolute atomic E-state index is 14.5. The van der Waals surface area contributed by atoms with Crippen molar-refractivity contribution in [1.29, 1.82) is 0 Å². The first-order valence-corrected chi connectivity index (χ1v) is 10.7. The number of carbonyl (C=O) groups excluding carboxylic acids is 1. The van der Waals surface area contributed by atoms with Gasteiger partial charge in [-0.2, -0.15) is 0 Å². The Bertz CT molecular complexity index is 1630. The van der Waals surface area contributed by atoms with Gasteiger partial charge in [-0.1, -0.05) is 6.92 Å². The second-order valence-electron chi connectivity index (χ2n) is 8.03. The number of carbonyl (C=O) groups is 1. The minimum Gasteiger partial charge on any atom is -0.449 e. The summed E-state index contributed by atoms with van der Waals surface area (Å²) in [5.41, 5.74) is 2.72. The summed E-state index contributed by atoms with van der Waals surface area (Å²) in [7, 11) is 1.64. The predicted octanol–water partition coefficient (Wildman–Crippen LogP) is 4.35. The van der Waals surface area contributed by atoms with Crippen LogP contribution in [0.2, 0.25) is 0 Å². The van der Waals surface area contributed by atoms with Gasteiger partial charge in [-0.05, 0) is 30.3 Å². The molecule has 0 radical (unpaired) electrons. The Hall–Kier alpha value is -4.27. The zero-order valence-corrected chi connectivity index (χ0v) is 18.5. The van der Waals surface area contributed by atoms with E-state index in [2.05, 4.69) is 9.97 Å². The van der Waals surface area contributed by atoms with Gasteiger partial charge in [-0.15, -0.1) is 0 Å². The van der Waals surface area contributed by atoms with Crippen molar-refractivity contribution in [3.63, 3.8) is 0 Å². The molecule has 2 N–H and O–H groups in total. The van der Waals surface area contributed by atoms with Gasteiger partial charge in [-0.25, -0.2) is 18.3 Å². The van der Waals surface area contributed by atoms with Crippen LogP contribution < -0.4 is 14.9 Å².